The highest BCUT2D eigenvalue weighted by atomic mass is 19.1. The quantitative estimate of drug-likeness (QED) is 0.331. The summed E-state index contributed by atoms with van der Waals surface area (Å²) in [6, 6.07) is 7.82. The molecular formula is C25H24FN5O4. The van der Waals surface area contributed by atoms with E-state index in [0.717, 1.165) is 5.56 Å². The Labute approximate surface area is 200 Å². The Hall–Kier alpha value is -4.02. The predicted octanol–water partition coefficient (Wildman–Crippen LogP) is 4.05. The van der Waals surface area contributed by atoms with Crippen LogP contribution in [0.4, 0.5) is 15.8 Å². The lowest BCUT2D eigenvalue weighted by atomic mass is 9.95. The number of ether oxygens (including phenoxy) is 2. The van der Waals surface area contributed by atoms with Crippen LogP contribution in [0.3, 0.4) is 0 Å². The number of carbonyl (C=O) groups is 1. The van der Waals surface area contributed by atoms with Crippen molar-refractivity contribution in [2.24, 2.45) is 0 Å². The van der Waals surface area contributed by atoms with Gasteiger partial charge in [-0.2, -0.15) is 0 Å². The van der Waals surface area contributed by atoms with E-state index in [1.807, 2.05) is 13.0 Å². The zero-order valence-electron chi connectivity index (χ0n) is 19.3. The molecule has 0 fully saturated rings. The van der Waals surface area contributed by atoms with E-state index in [2.05, 4.69) is 25.6 Å². The fourth-order valence-corrected chi connectivity index (χ4v) is 4.19. The summed E-state index contributed by atoms with van der Waals surface area (Å²) < 4.78 is 26.0. The van der Waals surface area contributed by atoms with E-state index in [1.165, 1.54) is 25.4 Å². The van der Waals surface area contributed by atoms with Crippen LogP contribution in [0.1, 0.15) is 29.7 Å². The molecule has 0 aliphatic carbocycles. The third kappa shape index (κ3) is 4.07. The number of aryl methyl sites for hydroxylation is 1. The predicted molar refractivity (Wildman–Crippen MR) is 128 cm³/mol. The number of hydrogen-bond donors (Lipinski definition) is 4. The molecule has 4 N–H and O–H groups in total. The second kappa shape index (κ2) is 8.64. The Balaban J connectivity index is 1.50. The summed E-state index contributed by atoms with van der Waals surface area (Å²) in [4.78, 5) is 24.1. The maximum atomic E-state index is 15.1. The van der Waals surface area contributed by atoms with Gasteiger partial charge in [0.05, 0.1) is 29.6 Å². The Morgan fingerprint density at radius 1 is 1.20 bits per heavy atom. The number of benzene rings is 1. The fraction of sp³-hybridized carbons (Fsp3) is 0.240. The van der Waals surface area contributed by atoms with Crippen molar-refractivity contribution in [3.63, 3.8) is 0 Å². The number of pyridine rings is 2. The van der Waals surface area contributed by atoms with Gasteiger partial charge in [0.15, 0.2) is 0 Å². The van der Waals surface area contributed by atoms with Gasteiger partial charge in [0.2, 0.25) is 5.88 Å². The number of nitrogens with one attached hydrogen (secondary N) is 3. The largest absolute Gasteiger partial charge is 0.439 e. The van der Waals surface area contributed by atoms with Crippen LogP contribution in [0.2, 0.25) is 0 Å². The molecule has 0 bridgehead atoms. The zero-order chi connectivity index (χ0) is 24.7. The summed E-state index contributed by atoms with van der Waals surface area (Å²) in [7, 11) is 1.51. The summed E-state index contributed by atoms with van der Waals surface area (Å²) in [6.07, 6.45) is 3.40. The van der Waals surface area contributed by atoms with Gasteiger partial charge in [0.25, 0.3) is 5.91 Å². The van der Waals surface area contributed by atoms with Crippen LogP contribution < -0.4 is 15.4 Å². The third-order valence-corrected chi connectivity index (χ3v) is 5.99. The number of hydrogen-bond acceptors (Lipinski definition) is 7. The summed E-state index contributed by atoms with van der Waals surface area (Å²) in [6.45, 7) is 3.74. The van der Waals surface area contributed by atoms with Crippen molar-refractivity contribution in [1.82, 2.24) is 15.0 Å². The Bertz CT molecular complexity index is 1440. The second-order valence-electron chi connectivity index (χ2n) is 8.72. The van der Waals surface area contributed by atoms with Crippen molar-refractivity contribution in [1.29, 1.82) is 0 Å². The molecule has 5 rings (SSSR count). The third-order valence-electron chi connectivity index (χ3n) is 5.99. The monoisotopic (exact) mass is 477 g/mol. The molecule has 4 aromatic rings. The summed E-state index contributed by atoms with van der Waals surface area (Å²) in [5.74, 6) is -0.302. The molecule has 2 unspecified atom stereocenters. The minimum absolute atomic E-state index is 0.0625. The molecule has 1 amide bonds. The molecular weight excluding hydrogens is 453 g/mol. The summed E-state index contributed by atoms with van der Waals surface area (Å²) >= 11 is 0. The summed E-state index contributed by atoms with van der Waals surface area (Å²) in [5.41, 5.74) is 1.89. The number of aliphatic hydroxyl groups excluding tert-OH is 1. The zero-order valence-corrected chi connectivity index (χ0v) is 19.3. The maximum absolute atomic E-state index is 15.1. The number of aliphatic hydroxyl groups is 1. The molecule has 0 spiro atoms. The smallest absolute Gasteiger partial charge is 0.252 e. The van der Waals surface area contributed by atoms with Crippen LogP contribution in [0, 0.1) is 12.7 Å². The van der Waals surface area contributed by atoms with Gasteiger partial charge in [0.1, 0.15) is 28.9 Å². The average Bonchev–Trinajstić information content (AvgIpc) is 3.25. The number of methoxy groups -OCH3 is 1. The van der Waals surface area contributed by atoms with Gasteiger partial charge >= 0.3 is 0 Å². The number of rotatable bonds is 6. The average molecular weight is 477 g/mol. The molecule has 1 aromatic carbocycles. The van der Waals surface area contributed by atoms with Crippen LogP contribution in [0.5, 0.6) is 11.6 Å². The normalized spacial score (nSPS) is 18.0. The first kappa shape index (κ1) is 22.8. The summed E-state index contributed by atoms with van der Waals surface area (Å²) in [5, 5.41) is 17.8. The number of amides is 1. The fourth-order valence-electron chi connectivity index (χ4n) is 4.19. The van der Waals surface area contributed by atoms with Crippen molar-refractivity contribution in [2.45, 2.75) is 25.5 Å². The molecule has 0 saturated carbocycles. The number of nitrogens with zero attached hydrogens (tertiary/aromatic N) is 2. The number of fused-ring (bicyclic) bond motifs is 3. The standard InChI is InChI=1S/C25H24FN5O4/c1-13-6-7-27-19(8-13)35-14-4-5-15(17(26)9-14)22(32)16-10-28-23-20(16)21-18(11-29-23)30-24(33)25(2,31-21)12-34-3/h4-11,22,31-32H,12H2,1-3H3,(H,28,29)(H,30,33). The number of halogens is 1. The van der Waals surface area contributed by atoms with Crippen molar-refractivity contribution >= 4 is 28.3 Å². The topological polar surface area (TPSA) is 121 Å². The number of H-pyrrole nitrogens is 1. The first-order valence-electron chi connectivity index (χ1n) is 11.0. The first-order chi connectivity index (χ1) is 16.8. The first-order valence-corrected chi connectivity index (χ1v) is 11.0. The van der Waals surface area contributed by atoms with Crippen LogP contribution >= 0.6 is 0 Å². The minimum atomic E-state index is -1.31. The molecule has 2 atom stereocenters. The Morgan fingerprint density at radius 3 is 2.77 bits per heavy atom. The highest BCUT2D eigenvalue weighted by Crippen LogP contribution is 2.41. The lowest BCUT2D eigenvalue weighted by molar-refractivity contribution is -0.121. The van der Waals surface area contributed by atoms with Crippen LogP contribution in [0.25, 0.3) is 11.0 Å². The SMILES string of the molecule is COCC1(C)Nc2c(cnc3[nH]cc(C(O)c4ccc(Oc5cc(C)ccn5)cc4F)c23)NC1=O. The van der Waals surface area contributed by atoms with Crippen molar-refractivity contribution in [3.05, 3.63) is 71.4 Å². The molecule has 35 heavy (non-hydrogen) atoms. The van der Waals surface area contributed by atoms with Crippen LogP contribution in [0.15, 0.2) is 48.9 Å². The van der Waals surface area contributed by atoms with E-state index in [4.69, 9.17) is 9.47 Å². The number of aromatic amines is 1. The highest BCUT2D eigenvalue weighted by Gasteiger charge is 2.39. The van der Waals surface area contributed by atoms with Gasteiger partial charge in [-0.25, -0.2) is 14.4 Å². The minimum Gasteiger partial charge on any atom is -0.439 e. The van der Waals surface area contributed by atoms with Crippen LogP contribution in [-0.2, 0) is 9.53 Å². The molecule has 0 saturated heterocycles. The Morgan fingerprint density at radius 2 is 2.03 bits per heavy atom. The van der Waals surface area contributed by atoms with Crippen molar-refractivity contribution in [2.75, 3.05) is 24.4 Å². The number of anilines is 2. The highest BCUT2D eigenvalue weighted by molar-refractivity contribution is 6.12. The molecule has 180 valence electrons. The molecule has 1 aliphatic rings. The second-order valence-corrected chi connectivity index (χ2v) is 8.72. The molecule has 3 aromatic heterocycles. The van der Waals surface area contributed by atoms with E-state index in [-0.39, 0.29) is 23.8 Å². The van der Waals surface area contributed by atoms with Crippen molar-refractivity contribution in [3.8, 4) is 11.6 Å². The van der Waals surface area contributed by atoms with E-state index >= 15 is 4.39 Å². The van der Waals surface area contributed by atoms with E-state index in [0.29, 0.717) is 33.9 Å². The van der Waals surface area contributed by atoms with Gasteiger partial charge < -0.3 is 30.2 Å². The van der Waals surface area contributed by atoms with Gasteiger partial charge in [0, 0.05) is 42.8 Å². The lowest BCUT2D eigenvalue weighted by Crippen LogP contribution is -2.53. The molecule has 10 heteroatoms. The van der Waals surface area contributed by atoms with Gasteiger partial charge in [-0.3, -0.25) is 4.79 Å². The van der Waals surface area contributed by atoms with Gasteiger partial charge in [-0.1, -0.05) is 0 Å². The van der Waals surface area contributed by atoms with Gasteiger partial charge in [-0.05, 0) is 37.6 Å². The van der Waals surface area contributed by atoms with E-state index < -0.39 is 17.5 Å². The van der Waals surface area contributed by atoms with Crippen molar-refractivity contribution < 1.29 is 23.8 Å². The number of aromatic nitrogens is 3. The van der Waals surface area contributed by atoms with E-state index in [9.17, 15) is 9.90 Å². The lowest BCUT2D eigenvalue weighted by Gasteiger charge is -2.35. The van der Waals surface area contributed by atoms with E-state index in [1.54, 1.807) is 31.5 Å². The van der Waals surface area contributed by atoms with Crippen LogP contribution in [-0.4, -0.2) is 45.2 Å². The van der Waals surface area contributed by atoms with Gasteiger partial charge in [-0.15, -0.1) is 0 Å². The number of carbonyl (C=O) groups excluding carboxylic acids is 1. The molecule has 9 nitrogen and oxygen atoms in total. The Kier molecular flexibility index (Phi) is 5.62. The maximum Gasteiger partial charge on any atom is 0.252 e. The molecule has 0 radical (unpaired) electrons. The molecule has 4 heterocycles. The molecule has 1 aliphatic heterocycles.